The Morgan fingerprint density at radius 2 is 2.00 bits per heavy atom. The van der Waals surface area contributed by atoms with Gasteiger partial charge in [0, 0.05) is 16.2 Å². The molecule has 1 amide bonds. The standard InChI is InChI=1S/C14H19BrN2O/c1-9-2-5-11(6-3-9)17-14(18)12-8-10(15)4-7-13(12)16/h4,7-9,11H,2-3,5-6,16H2,1H3,(H,17,18). The van der Waals surface area contributed by atoms with E-state index < -0.39 is 0 Å². The number of nitrogens with one attached hydrogen (secondary N) is 1. The van der Waals surface area contributed by atoms with Crippen molar-refractivity contribution in [3.8, 4) is 0 Å². The lowest BCUT2D eigenvalue weighted by molar-refractivity contribution is 0.0924. The van der Waals surface area contributed by atoms with E-state index in [1.807, 2.05) is 6.07 Å². The molecule has 1 aliphatic rings. The summed E-state index contributed by atoms with van der Waals surface area (Å²) in [6.07, 6.45) is 4.53. The van der Waals surface area contributed by atoms with Gasteiger partial charge < -0.3 is 11.1 Å². The molecule has 1 saturated carbocycles. The van der Waals surface area contributed by atoms with E-state index in [9.17, 15) is 4.79 Å². The molecule has 0 bridgehead atoms. The van der Waals surface area contributed by atoms with Gasteiger partial charge in [0.1, 0.15) is 0 Å². The SMILES string of the molecule is CC1CCC(NC(=O)c2cc(Br)ccc2N)CC1. The van der Waals surface area contributed by atoms with Crippen molar-refractivity contribution in [3.05, 3.63) is 28.2 Å². The van der Waals surface area contributed by atoms with Gasteiger partial charge in [-0.3, -0.25) is 4.79 Å². The summed E-state index contributed by atoms with van der Waals surface area (Å²) in [6, 6.07) is 5.67. The topological polar surface area (TPSA) is 55.1 Å². The number of benzene rings is 1. The lowest BCUT2D eigenvalue weighted by Crippen LogP contribution is -2.37. The third-order valence-corrected chi connectivity index (χ3v) is 4.10. The molecule has 1 aliphatic carbocycles. The van der Waals surface area contributed by atoms with E-state index in [0.29, 0.717) is 17.3 Å². The molecule has 0 radical (unpaired) electrons. The number of halogens is 1. The van der Waals surface area contributed by atoms with Gasteiger partial charge in [-0.15, -0.1) is 0 Å². The lowest BCUT2D eigenvalue weighted by Gasteiger charge is -2.27. The molecule has 1 fully saturated rings. The Morgan fingerprint density at radius 3 is 2.67 bits per heavy atom. The van der Waals surface area contributed by atoms with Crippen molar-refractivity contribution in [1.29, 1.82) is 0 Å². The smallest absolute Gasteiger partial charge is 0.253 e. The minimum Gasteiger partial charge on any atom is -0.398 e. The van der Waals surface area contributed by atoms with Crippen LogP contribution in [0.15, 0.2) is 22.7 Å². The summed E-state index contributed by atoms with van der Waals surface area (Å²) in [5.41, 5.74) is 6.92. The average Bonchev–Trinajstić information content (AvgIpc) is 2.35. The quantitative estimate of drug-likeness (QED) is 0.823. The number of hydrogen-bond acceptors (Lipinski definition) is 2. The van der Waals surface area contributed by atoms with Gasteiger partial charge in [0.2, 0.25) is 0 Å². The van der Waals surface area contributed by atoms with Crippen LogP contribution >= 0.6 is 15.9 Å². The van der Waals surface area contributed by atoms with Gasteiger partial charge in [-0.1, -0.05) is 22.9 Å². The van der Waals surface area contributed by atoms with Gasteiger partial charge in [-0.2, -0.15) is 0 Å². The normalized spacial score (nSPS) is 23.7. The molecule has 0 aromatic heterocycles. The fourth-order valence-corrected chi connectivity index (χ4v) is 2.75. The highest BCUT2D eigenvalue weighted by Gasteiger charge is 2.21. The third kappa shape index (κ3) is 3.25. The second-order valence-corrected chi connectivity index (χ2v) is 6.08. The minimum atomic E-state index is -0.0617. The minimum absolute atomic E-state index is 0.0617. The molecular weight excluding hydrogens is 292 g/mol. The van der Waals surface area contributed by atoms with Crippen LogP contribution in [0.3, 0.4) is 0 Å². The predicted octanol–water partition coefficient (Wildman–Crippen LogP) is 3.34. The van der Waals surface area contributed by atoms with E-state index in [4.69, 9.17) is 5.73 Å². The van der Waals surface area contributed by atoms with Crippen LogP contribution in [0.5, 0.6) is 0 Å². The maximum atomic E-state index is 12.2. The van der Waals surface area contributed by atoms with Crippen LogP contribution in [0.2, 0.25) is 0 Å². The molecular formula is C14H19BrN2O. The highest BCUT2D eigenvalue weighted by atomic mass is 79.9. The van der Waals surface area contributed by atoms with Crippen molar-refractivity contribution in [1.82, 2.24) is 5.32 Å². The fourth-order valence-electron chi connectivity index (χ4n) is 2.39. The molecule has 1 aromatic rings. The Balaban J connectivity index is 2.01. The zero-order valence-electron chi connectivity index (χ0n) is 10.6. The Bertz CT molecular complexity index is 439. The Kier molecular flexibility index (Phi) is 4.27. The van der Waals surface area contributed by atoms with E-state index in [1.165, 1.54) is 12.8 Å². The molecule has 0 saturated heterocycles. The molecule has 98 valence electrons. The number of rotatable bonds is 2. The molecule has 3 nitrogen and oxygen atoms in total. The number of nitrogens with two attached hydrogens (primary N) is 1. The van der Waals surface area contributed by atoms with Crippen LogP contribution < -0.4 is 11.1 Å². The Labute approximate surface area is 116 Å². The summed E-state index contributed by atoms with van der Waals surface area (Å²) in [6.45, 7) is 2.27. The number of amides is 1. The molecule has 0 unspecified atom stereocenters. The predicted molar refractivity (Wildman–Crippen MR) is 77.4 cm³/mol. The first-order valence-corrected chi connectivity index (χ1v) is 7.21. The van der Waals surface area contributed by atoms with Gasteiger partial charge in [-0.25, -0.2) is 0 Å². The van der Waals surface area contributed by atoms with E-state index in [2.05, 4.69) is 28.2 Å². The van der Waals surface area contributed by atoms with Crippen LogP contribution in [-0.2, 0) is 0 Å². The molecule has 0 spiro atoms. The van der Waals surface area contributed by atoms with Gasteiger partial charge >= 0.3 is 0 Å². The van der Waals surface area contributed by atoms with E-state index in [1.54, 1.807) is 12.1 Å². The van der Waals surface area contributed by atoms with Crippen molar-refractivity contribution in [2.75, 3.05) is 5.73 Å². The number of nitrogen functional groups attached to an aromatic ring is 1. The first-order valence-electron chi connectivity index (χ1n) is 6.42. The summed E-state index contributed by atoms with van der Waals surface area (Å²) in [4.78, 5) is 12.2. The summed E-state index contributed by atoms with van der Waals surface area (Å²) in [5, 5.41) is 3.08. The van der Waals surface area contributed by atoms with Crippen LogP contribution in [0.4, 0.5) is 5.69 Å². The van der Waals surface area contributed by atoms with Gasteiger partial charge in [-0.05, 0) is 49.8 Å². The van der Waals surface area contributed by atoms with Gasteiger partial charge in [0.15, 0.2) is 0 Å². The van der Waals surface area contributed by atoms with Gasteiger partial charge in [0.25, 0.3) is 5.91 Å². The van der Waals surface area contributed by atoms with Crippen LogP contribution in [0.1, 0.15) is 43.0 Å². The molecule has 2 rings (SSSR count). The zero-order chi connectivity index (χ0) is 13.1. The van der Waals surface area contributed by atoms with Crippen LogP contribution in [-0.4, -0.2) is 11.9 Å². The monoisotopic (exact) mass is 310 g/mol. The molecule has 18 heavy (non-hydrogen) atoms. The van der Waals surface area contributed by atoms with Crippen molar-refractivity contribution >= 4 is 27.5 Å². The Hall–Kier alpha value is -1.03. The summed E-state index contributed by atoms with van der Waals surface area (Å²) in [7, 11) is 0. The van der Waals surface area contributed by atoms with Gasteiger partial charge in [0.05, 0.1) is 5.56 Å². The van der Waals surface area contributed by atoms with E-state index in [-0.39, 0.29) is 5.91 Å². The average molecular weight is 311 g/mol. The largest absolute Gasteiger partial charge is 0.398 e. The molecule has 0 aliphatic heterocycles. The first kappa shape index (κ1) is 13.4. The highest BCUT2D eigenvalue weighted by molar-refractivity contribution is 9.10. The Morgan fingerprint density at radius 1 is 1.33 bits per heavy atom. The van der Waals surface area contributed by atoms with Crippen molar-refractivity contribution < 1.29 is 4.79 Å². The van der Waals surface area contributed by atoms with Crippen molar-refractivity contribution in [2.45, 2.75) is 38.6 Å². The lowest BCUT2D eigenvalue weighted by atomic mass is 9.87. The number of anilines is 1. The second kappa shape index (κ2) is 5.74. The molecule has 1 aromatic carbocycles. The maximum absolute atomic E-state index is 12.2. The van der Waals surface area contributed by atoms with Crippen LogP contribution in [0.25, 0.3) is 0 Å². The number of hydrogen-bond donors (Lipinski definition) is 2. The van der Waals surface area contributed by atoms with Crippen molar-refractivity contribution in [3.63, 3.8) is 0 Å². The van der Waals surface area contributed by atoms with E-state index >= 15 is 0 Å². The number of carbonyl (C=O) groups excluding carboxylic acids is 1. The number of carbonyl (C=O) groups is 1. The molecule has 0 heterocycles. The summed E-state index contributed by atoms with van der Waals surface area (Å²) >= 11 is 3.36. The zero-order valence-corrected chi connectivity index (χ0v) is 12.2. The molecule has 0 atom stereocenters. The summed E-state index contributed by atoms with van der Waals surface area (Å²) < 4.78 is 0.874. The molecule has 3 N–H and O–H groups in total. The first-order chi connectivity index (χ1) is 8.56. The van der Waals surface area contributed by atoms with Crippen molar-refractivity contribution in [2.24, 2.45) is 5.92 Å². The fraction of sp³-hybridized carbons (Fsp3) is 0.500. The maximum Gasteiger partial charge on any atom is 0.253 e. The van der Waals surface area contributed by atoms with E-state index in [0.717, 1.165) is 23.2 Å². The van der Waals surface area contributed by atoms with Crippen LogP contribution in [0, 0.1) is 5.92 Å². The highest BCUT2D eigenvalue weighted by Crippen LogP contribution is 2.24. The third-order valence-electron chi connectivity index (χ3n) is 3.61. The molecule has 4 heteroatoms. The summed E-state index contributed by atoms with van der Waals surface area (Å²) in [5.74, 6) is 0.724. The second-order valence-electron chi connectivity index (χ2n) is 5.16.